The molecule has 2 aromatic rings. The highest BCUT2D eigenvalue weighted by Crippen LogP contribution is 2.30. The molecule has 0 amide bonds. The molecule has 1 fully saturated rings. The Labute approximate surface area is 113 Å². The van der Waals surface area contributed by atoms with E-state index in [4.69, 9.17) is 4.42 Å². The van der Waals surface area contributed by atoms with E-state index >= 15 is 0 Å². The molecule has 1 saturated heterocycles. The lowest BCUT2D eigenvalue weighted by molar-refractivity contribution is 0.533. The van der Waals surface area contributed by atoms with E-state index in [1.165, 1.54) is 11.3 Å². The molecule has 1 aliphatic heterocycles. The molecule has 0 bridgehead atoms. The summed E-state index contributed by atoms with van der Waals surface area (Å²) in [4.78, 5) is 6.99. The van der Waals surface area contributed by atoms with Crippen LogP contribution in [0.5, 0.6) is 0 Å². The van der Waals surface area contributed by atoms with Crippen LogP contribution < -0.4 is 10.2 Å². The normalized spacial score (nSPS) is 16.2. The molecule has 2 heterocycles. The van der Waals surface area contributed by atoms with Crippen LogP contribution in [-0.4, -0.2) is 31.2 Å². The van der Waals surface area contributed by atoms with Crippen molar-refractivity contribution >= 4 is 16.8 Å². The predicted molar refractivity (Wildman–Crippen MR) is 77.8 cm³/mol. The highest BCUT2D eigenvalue weighted by molar-refractivity contribution is 5.88. The van der Waals surface area contributed by atoms with Gasteiger partial charge in [-0.2, -0.15) is 0 Å². The first-order chi connectivity index (χ1) is 9.31. The first-order valence-electron chi connectivity index (χ1n) is 7.19. The van der Waals surface area contributed by atoms with Crippen molar-refractivity contribution < 1.29 is 4.42 Å². The van der Waals surface area contributed by atoms with E-state index in [9.17, 15) is 0 Å². The Kier molecular flexibility index (Phi) is 3.42. The molecular weight excluding hydrogens is 238 g/mol. The number of hydrogen-bond acceptors (Lipinski definition) is 4. The predicted octanol–water partition coefficient (Wildman–Crippen LogP) is 2.36. The summed E-state index contributed by atoms with van der Waals surface area (Å²) < 4.78 is 5.93. The van der Waals surface area contributed by atoms with Gasteiger partial charge in [-0.05, 0) is 24.1 Å². The van der Waals surface area contributed by atoms with Crippen LogP contribution in [0, 0.1) is 0 Å². The van der Waals surface area contributed by atoms with Crippen molar-refractivity contribution in [2.75, 3.05) is 31.1 Å². The van der Waals surface area contributed by atoms with Gasteiger partial charge < -0.3 is 14.6 Å². The van der Waals surface area contributed by atoms with Crippen molar-refractivity contribution in [2.45, 2.75) is 26.7 Å². The van der Waals surface area contributed by atoms with Gasteiger partial charge in [-0.3, -0.25) is 0 Å². The van der Waals surface area contributed by atoms with E-state index in [2.05, 4.69) is 41.2 Å². The van der Waals surface area contributed by atoms with E-state index in [-0.39, 0.29) is 0 Å². The average molecular weight is 259 g/mol. The van der Waals surface area contributed by atoms with Crippen LogP contribution in [0.15, 0.2) is 16.5 Å². The lowest BCUT2D eigenvalue weighted by atomic mass is 10.1. The second kappa shape index (κ2) is 5.21. The largest absolute Gasteiger partial charge is 0.439 e. The van der Waals surface area contributed by atoms with Crippen molar-refractivity contribution in [1.82, 2.24) is 10.3 Å². The van der Waals surface area contributed by atoms with E-state index in [1.54, 1.807) is 0 Å². The van der Waals surface area contributed by atoms with Crippen LogP contribution in [0.2, 0.25) is 0 Å². The number of anilines is 1. The Morgan fingerprint density at radius 3 is 2.68 bits per heavy atom. The van der Waals surface area contributed by atoms with Crippen molar-refractivity contribution in [3.63, 3.8) is 0 Å². The number of benzene rings is 1. The molecule has 1 aromatic heterocycles. The number of rotatable bonds is 3. The smallest absolute Gasteiger partial charge is 0.195 e. The molecular formula is C15H21N3O. The second-order valence-electron chi connectivity index (χ2n) is 5.01. The Balaban J connectivity index is 2.11. The standard InChI is InChI=1S/C15H21N3O/c1-3-11-9-12-15(19-14(4-2)17-12)13(10-11)18-7-5-16-6-8-18/h9-10,16H,3-8H2,1-2H3. The first kappa shape index (κ1) is 12.5. The van der Waals surface area contributed by atoms with Gasteiger partial charge in [-0.15, -0.1) is 0 Å². The molecule has 0 radical (unpaired) electrons. The minimum atomic E-state index is 0.833. The SMILES string of the molecule is CCc1cc(N2CCNCC2)c2oc(CC)nc2c1. The topological polar surface area (TPSA) is 41.3 Å². The minimum absolute atomic E-state index is 0.833. The van der Waals surface area contributed by atoms with Crippen LogP contribution in [0.25, 0.3) is 11.1 Å². The molecule has 0 atom stereocenters. The zero-order chi connectivity index (χ0) is 13.2. The van der Waals surface area contributed by atoms with Gasteiger partial charge in [0.15, 0.2) is 11.5 Å². The van der Waals surface area contributed by atoms with Gasteiger partial charge in [0, 0.05) is 32.6 Å². The summed E-state index contributed by atoms with van der Waals surface area (Å²) in [5.74, 6) is 0.833. The molecule has 102 valence electrons. The summed E-state index contributed by atoms with van der Waals surface area (Å²) in [6.07, 6.45) is 1.88. The number of aryl methyl sites for hydroxylation is 2. The van der Waals surface area contributed by atoms with Crippen molar-refractivity contribution in [3.05, 3.63) is 23.6 Å². The van der Waals surface area contributed by atoms with Crippen LogP contribution in [-0.2, 0) is 12.8 Å². The number of nitrogens with one attached hydrogen (secondary N) is 1. The molecule has 3 rings (SSSR count). The molecule has 1 N–H and O–H groups in total. The maximum absolute atomic E-state index is 5.93. The van der Waals surface area contributed by atoms with E-state index < -0.39 is 0 Å². The molecule has 1 aliphatic rings. The first-order valence-corrected chi connectivity index (χ1v) is 7.19. The maximum Gasteiger partial charge on any atom is 0.195 e. The van der Waals surface area contributed by atoms with Gasteiger partial charge in [-0.1, -0.05) is 13.8 Å². The van der Waals surface area contributed by atoms with Crippen LogP contribution in [0.3, 0.4) is 0 Å². The number of oxazole rings is 1. The molecule has 0 unspecified atom stereocenters. The average Bonchev–Trinajstić information content (AvgIpc) is 2.90. The van der Waals surface area contributed by atoms with Gasteiger partial charge in [0.25, 0.3) is 0 Å². The third-order valence-corrected chi connectivity index (χ3v) is 3.74. The number of fused-ring (bicyclic) bond motifs is 1. The molecule has 4 nitrogen and oxygen atoms in total. The highest BCUT2D eigenvalue weighted by atomic mass is 16.3. The summed E-state index contributed by atoms with van der Waals surface area (Å²) in [5, 5.41) is 3.39. The molecule has 19 heavy (non-hydrogen) atoms. The van der Waals surface area contributed by atoms with E-state index in [0.29, 0.717) is 0 Å². The van der Waals surface area contributed by atoms with Gasteiger partial charge >= 0.3 is 0 Å². The maximum atomic E-state index is 5.93. The van der Waals surface area contributed by atoms with Gasteiger partial charge in [-0.25, -0.2) is 4.98 Å². The number of piperazine rings is 1. The van der Waals surface area contributed by atoms with Crippen LogP contribution >= 0.6 is 0 Å². The van der Waals surface area contributed by atoms with E-state index in [0.717, 1.165) is 56.0 Å². The molecule has 0 aliphatic carbocycles. The van der Waals surface area contributed by atoms with E-state index in [1.807, 2.05) is 0 Å². The number of nitrogens with zero attached hydrogens (tertiary/aromatic N) is 2. The summed E-state index contributed by atoms with van der Waals surface area (Å²) in [6.45, 7) is 8.40. The Hall–Kier alpha value is -1.55. The van der Waals surface area contributed by atoms with Crippen molar-refractivity contribution in [3.8, 4) is 0 Å². The Morgan fingerprint density at radius 2 is 2.00 bits per heavy atom. The van der Waals surface area contributed by atoms with Crippen LogP contribution in [0.1, 0.15) is 25.3 Å². The third kappa shape index (κ3) is 2.32. The lowest BCUT2D eigenvalue weighted by Crippen LogP contribution is -2.43. The van der Waals surface area contributed by atoms with Crippen molar-refractivity contribution in [1.29, 1.82) is 0 Å². The highest BCUT2D eigenvalue weighted by Gasteiger charge is 2.18. The zero-order valence-electron chi connectivity index (χ0n) is 11.7. The lowest BCUT2D eigenvalue weighted by Gasteiger charge is -2.29. The van der Waals surface area contributed by atoms with Crippen molar-refractivity contribution in [2.24, 2.45) is 0 Å². The fourth-order valence-corrected chi connectivity index (χ4v) is 2.61. The fraction of sp³-hybridized carbons (Fsp3) is 0.533. The Morgan fingerprint density at radius 1 is 1.21 bits per heavy atom. The van der Waals surface area contributed by atoms with Gasteiger partial charge in [0.2, 0.25) is 0 Å². The quantitative estimate of drug-likeness (QED) is 0.918. The summed E-state index contributed by atoms with van der Waals surface area (Å²) in [7, 11) is 0. The van der Waals surface area contributed by atoms with Gasteiger partial charge in [0.1, 0.15) is 5.52 Å². The molecule has 4 heteroatoms. The molecule has 1 aromatic carbocycles. The molecule has 0 saturated carbocycles. The number of aromatic nitrogens is 1. The Bertz CT molecular complexity index is 570. The molecule has 0 spiro atoms. The summed E-state index contributed by atoms with van der Waals surface area (Å²) >= 11 is 0. The van der Waals surface area contributed by atoms with Gasteiger partial charge in [0.05, 0.1) is 5.69 Å². The second-order valence-corrected chi connectivity index (χ2v) is 5.01. The summed E-state index contributed by atoms with van der Waals surface area (Å²) in [5.41, 5.74) is 4.50. The third-order valence-electron chi connectivity index (χ3n) is 3.74. The number of hydrogen-bond donors (Lipinski definition) is 1. The summed E-state index contributed by atoms with van der Waals surface area (Å²) in [6, 6.07) is 4.42. The monoisotopic (exact) mass is 259 g/mol. The fourth-order valence-electron chi connectivity index (χ4n) is 2.61. The van der Waals surface area contributed by atoms with Crippen LogP contribution in [0.4, 0.5) is 5.69 Å². The minimum Gasteiger partial charge on any atom is -0.439 e. The zero-order valence-corrected chi connectivity index (χ0v) is 11.7.